The number of hydrogen-bond donors (Lipinski definition) is 0. The van der Waals surface area contributed by atoms with Gasteiger partial charge in [0.15, 0.2) is 0 Å². The first kappa shape index (κ1) is 9.94. The van der Waals surface area contributed by atoms with E-state index < -0.39 is 0 Å². The molecule has 0 aromatic heterocycles. The van der Waals surface area contributed by atoms with Gasteiger partial charge in [-0.3, -0.25) is 0 Å². The van der Waals surface area contributed by atoms with Gasteiger partial charge in [0, 0.05) is 18.0 Å². The van der Waals surface area contributed by atoms with Gasteiger partial charge in [-0.2, -0.15) is 5.26 Å². The van der Waals surface area contributed by atoms with E-state index >= 15 is 0 Å². The van der Waals surface area contributed by atoms with Crippen molar-refractivity contribution in [3.05, 3.63) is 11.1 Å². The van der Waals surface area contributed by atoms with Crippen molar-refractivity contribution in [3.8, 4) is 6.07 Å². The summed E-state index contributed by atoms with van der Waals surface area (Å²) in [5.41, 5.74) is 2.48. The molecule has 1 nitrogen and oxygen atoms in total. The second kappa shape index (κ2) is 17.0. The fourth-order valence-electron chi connectivity index (χ4n) is 0. The molecule has 0 aliphatic rings. The molecule has 0 fully saturated rings. The first-order chi connectivity index (χ1) is 3.33. The average molecular weight is 138 g/mol. The number of halogens is 2. The van der Waals surface area contributed by atoms with Gasteiger partial charge < -0.3 is 0 Å². The molecule has 0 bridgehead atoms. The molecule has 0 aromatic rings. The van der Waals surface area contributed by atoms with Crippen molar-refractivity contribution in [2.45, 2.75) is 6.92 Å². The Morgan fingerprint density at radius 3 is 1.57 bits per heavy atom. The number of nitrogens with zero attached hydrogens (tertiary/aromatic N) is 1. The van der Waals surface area contributed by atoms with Crippen molar-refractivity contribution in [3.63, 3.8) is 0 Å². The Balaban J connectivity index is 0. The van der Waals surface area contributed by atoms with E-state index in [2.05, 4.69) is 0 Å². The van der Waals surface area contributed by atoms with Gasteiger partial charge in [0.25, 0.3) is 0 Å². The largest absolute Gasteiger partial charge is 0.199 e. The fourth-order valence-corrected chi connectivity index (χ4v) is 0. The molecule has 0 radical (unpaired) electrons. The van der Waals surface area contributed by atoms with Crippen LogP contribution >= 0.6 is 23.2 Å². The maximum atomic E-state index is 7.32. The van der Waals surface area contributed by atoms with Gasteiger partial charge in [-0.15, -0.1) is 0 Å². The molecule has 0 atom stereocenters. The molecule has 0 saturated carbocycles. The van der Waals surface area contributed by atoms with Crippen LogP contribution in [0.1, 0.15) is 6.92 Å². The lowest BCUT2D eigenvalue weighted by molar-refractivity contribution is 1.49. The van der Waals surface area contributed by atoms with Crippen LogP contribution in [0.5, 0.6) is 0 Å². The van der Waals surface area contributed by atoms with Gasteiger partial charge in [-0.05, 0) is 0 Å². The Morgan fingerprint density at radius 1 is 1.43 bits per heavy atom. The molecule has 0 amide bonds. The Labute approximate surface area is 53.1 Å². The highest BCUT2D eigenvalue weighted by Crippen LogP contribution is 1.78. The average Bonchev–Trinajstić information content (AvgIpc) is 1.69. The van der Waals surface area contributed by atoms with Crippen LogP contribution in [0.2, 0.25) is 0 Å². The van der Waals surface area contributed by atoms with E-state index in [9.17, 15) is 0 Å². The standard InChI is InChI=1S/C2H2Cl2.C2H3N/c3-1-2-4;1-2-3/h1-2H;1H3. The molecule has 0 aromatic carbocycles. The lowest BCUT2D eigenvalue weighted by atomic mass is 11.0. The van der Waals surface area contributed by atoms with Crippen LogP contribution in [0.3, 0.4) is 0 Å². The second-order valence-corrected chi connectivity index (χ2v) is 0.980. The van der Waals surface area contributed by atoms with Crippen LogP contribution in [0, 0.1) is 11.3 Å². The summed E-state index contributed by atoms with van der Waals surface area (Å²) in [6.07, 6.45) is 0. The van der Waals surface area contributed by atoms with Gasteiger partial charge in [0.05, 0.1) is 6.07 Å². The molecule has 0 N–H and O–H groups in total. The highest BCUT2D eigenvalue weighted by atomic mass is 35.5. The zero-order valence-electron chi connectivity index (χ0n) is 3.86. The number of rotatable bonds is 0. The first-order valence-electron chi connectivity index (χ1n) is 1.49. The molecule has 3 heteroatoms. The maximum absolute atomic E-state index is 7.32. The van der Waals surface area contributed by atoms with E-state index in [4.69, 9.17) is 28.5 Å². The van der Waals surface area contributed by atoms with Crippen molar-refractivity contribution >= 4 is 23.2 Å². The van der Waals surface area contributed by atoms with Crippen molar-refractivity contribution in [2.24, 2.45) is 0 Å². The monoisotopic (exact) mass is 137 g/mol. The number of nitriles is 1. The summed E-state index contributed by atoms with van der Waals surface area (Å²) < 4.78 is 0. The molecule has 0 heterocycles. The summed E-state index contributed by atoms with van der Waals surface area (Å²) in [4.78, 5) is 0. The minimum Gasteiger partial charge on any atom is -0.199 e. The minimum atomic E-state index is 1.24. The summed E-state index contributed by atoms with van der Waals surface area (Å²) in [7, 11) is 0. The molecule has 0 saturated heterocycles. The van der Waals surface area contributed by atoms with Gasteiger partial charge >= 0.3 is 0 Å². The van der Waals surface area contributed by atoms with Crippen molar-refractivity contribution in [1.29, 1.82) is 5.26 Å². The highest BCUT2D eigenvalue weighted by Gasteiger charge is 1.40. The van der Waals surface area contributed by atoms with Crippen molar-refractivity contribution in [2.75, 3.05) is 0 Å². The molecule has 0 aliphatic carbocycles. The third-order valence-electron chi connectivity index (χ3n) is 0.0476. The summed E-state index contributed by atoms with van der Waals surface area (Å²) in [5.74, 6) is 0. The van der Waals surface area contributed by atoms with Gasteiger partial charge in [-0.25, -0.2) is 0 Å². The third-order valence-corrected chi connectivity index (χ3v) is 0.429. The van der Waals surface area contributed by atoms with E-state index in [1.807, 2.05) is 0 Å². The van der Waals surface area contributed by atoms with Crippen LogP contribution in [0.15, 0.2) is 11.1 Å². The zero-order valence-corrected chi connectivity index (χ0v) is 5.37. The lowest BCUT2D eigenvalue weighted by Gasteiger charge is -1.44. The van der Waals surface area contributed by atoms with E-state index in [0.717, 1.165) is 0 Å². The van der Waals surface area contributed by atoms with E-state index in [-0.39, 0.29) is 0 Å². The van der Waals surface area contributed by atoms with Crippen LogP contribution in [0.25, 0.3) is 0 Å². The van der Waals surface area contributed by atoms with Crippen LogP contribution in [-0.2, 0) is 0 Å². The molecule has 7 heavy (non-hydrogen) atoms. The first-order valence-corrected chi connectivity index (χ1v) is 2.37. The van der Waals surface area contributed by atoms with Crippen molar-refractivity contribution in [1.82, 2.24) is 0 Å². The van der Waals surface area contributed by atoms with Crippen LogP contribution < -0.4 is 0 Å². The maximum Gasteiger partial charge on any atom is 0.0587 e. The number of hydrogen-bond acceptors (Lipinski definition) is 1. The predicted octanol–water partition coefficient (Wildman–Crippen LogP) is 2.47. The summed E-state index contributed by atoms with van der Waals surface area (Å²) in [6, 6.07) is 1.75. The van der Waals surface area contributed by atoms with Gasteiger partial charge in [0.1, 0.15) is 0 Å². The van der Waals surface area contributed by atoms with E-state index in [1.165, 1.54) is 18.0 Å². The molecular weight excluding hydrogens is 133 g/mol. The van der Waals surface area contributed by atoms with Crippen LogP contribution in [-0.4, -0.2) is 0 Å². The lowest BCUT2D eigenvalue weighted by Crippen LogP contribution is -1.11. The highest BCUT2D eigenvalue weighted by molar-refractivity contribution is 6.33. The molecule has 0 aliphatic heterocycles. The van der Waals surface area contributed by atoms with Crippen molar-refractivity contribution < 1.29 is 0 Å². The molecule has 0 rings (SSSR count). The molecule has 40 valence electrons. The Hall–Kier alpha value is -0.190. The fraction of sp³-hybridized carbons (Fsp3) is 0.250. The minimum absolute atomic E-state index is 1.24. The second-order valence-electron chi connectivity index (χ2n) is 0.476. The smallest absolute Gasteiger partial charge is 0.0587 e. The summed E-state index contributed by atoms with van der Waals surface area (Å²) in [5, 5.41) is 7.32. The topological polar surface area (TPSA) is 23.8 Å². The summed E-state index contributed by atoms with van der Waals surface area (Å²) >= 11 is 9.75. The Morgan fingerprint density at radius 2 is 1.57 bits per heavy atom. The molecular formula is C4H5Cl2N. The quantitative estimate of drug-likeness (QED) is 0.504. The normalized spacial score (nSPS) is 6.57. The van der Waals surface area contributed by atoms with Gasteiger partial charge in [0.2, 0.25) is 0 Å². The van der Waals surface area contributed by atoms with E-state index in [1.54, 1.807) is 6.07 Å². The SMILES string of the molecule is CC#N.ClC=CCl. The van der Waals surface area contributed by atoms with Gasteiger partial charge in [-0.1, -0.05) is 23.2 Å². The predicted molar refractivity (Wildman–Crippen MR) is 32.1 cm³/mol. The van der Waals surface area contributed by atoms with E-state index in [0.29, 0.717) is 0 Å². The third kappa shape index (κ3) is 129. The zero-order chi connectivity index (χ0) is 6.12. The molecule has 0 unspecified atom stereocenters. The molecule has 0 spiro atoms. The Kier molecular flexibility index (Phi) is 24.2. The van der Waals surface area contributed by atoms with Crippen LogP contribution in [0.4, 0.5) is 0 Å². The summed E-state index contributed by atoms with van der Waals surface area (Å²) in [6.45, 7) is 1.43. The Bertz CT molecular complexity index is 68.2.